The third-order valence-corrected chi connectivity index (χ3v) is 4.66. The molecule has 2 aromatic carbocycles. The van der Waals surface area contributed by atoms with E-state index in [-0.39, 0.29) is 0 Å². The number of benzene rings is 2. The van der Waals surface area contributed by atoms with E-state index in [2.05, 4.69) is 4.40 Å². The van der Waals surface area contributed by atoms with Crippen molar-refractivity contribution in [3.8, 4) is 0 Å². The van der Waals surface area contributed by atoms with Gasteiger partial charge in [-0.2, -0.15) is 4.40 Å². The predicted molar refractivity (Wildman–Crippen MR) is 91.6 cm³/mol. The Morgan fingerprint density at radius 1 is 0.952 bits per heavy atom. The number of rotatable bonds is 5. The Morgan fingerprint density at radius 2 is 1.52 bits per heavy atom. The van der Waals surface area contributed by atoms with Crippen LogP contribution in [0.25, 0.3) is 6.08 Å². The average molecular weight is 297 g/mol. The molecule has 2 aromatic rings. The Labute approximate surface area is 128 Å². The smallest absolute Gasteiger partial charge is 0.149 e. The first kappa shape index (κ1) is 15.4. The van der Waals surface area contributed by atoms with Crippen LogP contribution in [0.15, 0.2) is 71.1 Å². The Bertz CT molecular complexity index is 645. The Balaban J connectivity index is 2.04. The minimum atomic E-state index is -1.32. The van der Waals surface area contributed by atoms with E-state index >= 15 is 0 Å². The Hall–Kier alpha value is -2.00. The lowest BCUT2D eigenvalue weighted by molar-refractivity contribution is 0.645. The van der Waals surface area contributed by atoms with Crippen LogP contribution in [-0.2, 0) is 15.7 Å². The number of allylic oxidation sites excluding steroid dienone is 1. The molecule has 0 saturated carbocycles. The normalized spacial score (nSPS) is 13.8. The second-order valence-electron chi connectivity index (χ2n) is 5.15. The maximum Gasteiger partial charge on any atom is 0.149 e. The van der Waals surface area contributed by atoms with Crippen LogP contribution < -0.4 is 0 Å². The van der Waals surface area contributed by atoms with Gasteiger partial charge in [0.15, 0.2) is 0 Å². The molecule has 21 heavy (non-hydrogen) atoms. The fourth-order valence-corrected chi connectivity index (χ4v) is 2.66. The molecule has 108 valence electrons. The quantitative estimate of drug-likeness (QED) is 0.754. The summed E-state index contributed by atoms with van der Waals surface area (Å²) in [5.41, 5.74) is 2.12. The molecule has 0 aliphatic rings. The van der Waals surface area contributed by atoms with Gasteiger partial charge in [-0.3, -0.25) is 0 Å². The number of hydrogen-bond donors (Lipinski definition) is 0. The summed E-state index contributed by atoms with van der Waals surface area (Å²) in [6.07, 6.45) is 5.36. The van der Waals surface area contributed by atoms with Crippen LogP contribution in [0.3, 0.4) is 0 Å². The van der Waals surface area contributed by atoms with Crippen molar-refractivity contribution < 1.29 is 4.21 Å². The van der Waals surface area contributed by atoms with Gasteiger partial charge in [-0.15, -0.1) is 0 Å². The molecule has 0 aliphatic carbocycles. The van der Waals surface area contributed by atoms with Crippen molar-refractivity contribution >= 4 is 23.3 Å². The largest absolute Gasteiger partial charge is 0.234 e. The first-order valence-electron chi connectivity index (χ1n) is 6.84. The van der Waals surface area contributed by atoms with Crippen molar-refractivity contribution in [1.29, 1.82) is 0 Å². The molecule has 0 heterocycles. The Morgan fingerprint density at radius 3 is 2.14 bits per heavy atom. The monoisotopic (exact) mass is 297 g/mol. The van der Waals surface area contributed by atoms with Crippen LogP contribution in [0.5, 0.6) is 0 Å². The van der Waals surface area contributed by atoms with Gasteiger partial charge in [-0.1, -0.05) is 66.7 Å². The molecule has 0 fully saturated rings. The minimum Gasteiger partial charge on any atom is -0.234 e. The average Bonchev–Trinajstić information content (AvgIpc) is 2.53. The second-order valence-corrected chi connectivity index (χ2v) is 6.88. The lowest BCUT2D eigenvalue weighted by atomic mass is 10.0. The first-order valence-corrected chi connectivity index (χ1v) is 7.95. The molecule has 0 unspecified atom stereocenters. The van der Waals surface area contributed by atoms with Gasteiger partial charge in [0, 0.05) is 6.21 Å². The fraction of sp³-hybridized carbons (Fsp3) is 0.167. The molecule has 0 spiro atoms. The lowest BCUT2D eigenvalue weighted by Crippen LogP contribution is -2.22. The maximum absolute atomic E-state index is 12.4. The van der Waals surface area contributed by atoms with Crippen LogP contribution in [0.2, 0.25) is 0 Å². The molecule has 0 aromatic heterocycles. The number of nitrogens with zero attached hydrogens (tertiary/aromatic N) is 1. The van der Waals surface area contributed by atoms with Crippen molar-refractivity contribution in [3.05, 3.63) is 77.9 Å². The zero-order valence-electron chi connectivity index (χ0n) is 12.3. The fourth-order valence-electron chi connectivity index (χ4n) is 1.88. The van der Waals surface area contributed by atoms with Crippen molar-refractivity contribution in [2.24, 2.45) is 4.40 Å². The van der Waals surface area contributed by atoms with Gasteiger partial charge in [0.25, 0.3) is 0 Å². The highest BCUT2D eigenvalue weighted by Gasteiger charge is 2.27. The summed E-state index contributed by atoms with van der Waals surface area (Å²) in [6.45, 7) is 3.88. The molecule has 0 saturated heterocycles. The highest BCUT2D eigenvalue weighted by atomic mass is 32.2. The topological polar surface area (TPSA) is 29.4 Å². The van der Waals surface area contributed by atoms with Crippen LogP contribution in [-0.4, -0.2) is 10.4 Å². The SMILES string of the molecule is CC(C)(c1ccccc1)[S@@](=O)/N=C/C=C/c1ccccc1. The van der Waals surface area contributed by atoms with Crippen LogP contribution in [0.1, 0.15) is 25.0 Å². The first-order chi connectivity index (χ1) is 10.1. The van der Waals surface area contributed by atoms with E-state index in [1.807, 2.05) is 86.7 Å². The zero-order valence-corrected chi connectivity index (χ0v) is 13.1. The molecule has 0 N–H and O–H groups in total. The van der Waals surface area contributed by atoms with Gasteiger partial charge in [0.2, 0.25) is 0 Å². The van der Waals surface area contributed by atoms with E-state index in [9.17, 15) is 4.21 Å². The highest BCUT2D eigenvalue weighted by molar-refractivity contribution is 7.84. The van der Waals surface area contributed by atoms with Crippen LogP contribution in [0, 0.1) is 0 Å². The second kappa shape index (κ2) is 7.14. The molecule has 2 nitrogen and oxygen atoms in total. The van der Waals surface area contributed by atoms with Crippen LogP contribution in [0.4, 0.5) is 0 Å². The van der Waals surface area contributed by atoms with Gasteiger partial charge in [0.1, 0.15) is 11.0 Å². The van der Waals surface area contributed by atoms with E-state index in [1.165, 1.54) is 0 Å². The van der Waals surface area contributed by atoms with Gasteiger partial charge in [-0.25, -0.2) is 4.21 Å². The van der Waals surface area contributed by atoms with Gasteiger partial charge in [0.05, 0.1) is 4.75 Å². The molecular weight excluding hydrogens is 278 g/mol. The summed E-state index contributed by atoms with van der Waals surface area (Å²) in [7, 11) is -1.32. The minimum absolute atomic E-state index is 0.502. The molecule has 0 bridgehead atoms. The molecule has 2 rings (SSSR count). The predicted octanol–water partition coefficient (Wildman–Crippen LogP) is 4.37. The van der Waals surface area contributed by atoms with Crippen molar-refractivity contribution in [2.45, 2.75) is 18.6 Å². The van der Waals surface area contributed by atoms with E-state index in [0.29, 0.717) is 0 Å². The van der Waals surface area contributed by atoms with E-state index < -0.39 is 15.7 Å². The summed E-state index contributed by atoms with van der Waals surface area (Å²) in [4.78, 5) is 0. The molecule has 0 amide bonds. The standard InChI is InChI=1S/C18H19NOS/c1-18(2,17-13-7-4-8-14-17)21(20)19-15-9-12-16-10-5-3-6-11-16/h3-15H,1-2H3/b12-9+,19-15+/t21-/m1/s1. The van der Waals surface area contributed by atoms with Crippen molar-refractivity contribution in [1.82, 2.24) is 0 Å². The highest BCUT2D eigenvalue weighted by Crippen LogP contribution is 2.27. The summed E-state index contributed by atoms with van der Waals surface area (Å²) in [5, 5.41) is 0. The van der Waals surface area contributed by atoms with E-state index in [1.54, 1.807) is 6.21 Å². The molecule has 1 atom stereocenters. The van der Waals surface area contributed by atoms with Gasteiger partial charge < -0.3 is 0 Å². The maximum atomic E-state index is 12.4. The molecule has 0 radical (unpaired) electrons. The lowest BCUT2D eigenvalue weighted by Gasteiger charge is -2.21. The van der Waals surface area contributed by atoms with Crippen molar-refractivity contribution in [3.63, 3.8) is 0 Å². The number of hydrogen-bond acceptors (Lipinski definition) is 1. The molecule has 3 heteroatoms. The van der Waals surface area contributed by atoms with Crippen molar-refractivity contribution in [2.75, 3.05) is 0 Å². The van der Waals surface area contributed by atoms with E-state index in [0.717, 1.165) is 11.1 Å². The Kier molecular flexibility index (Phi) is 5.23. The van der Waals surface area contributed by atoms with Gasteiger partial charge in [-0.05, 0) is 31.1 Å². The van der Waals surface area contributed by atoms with E-state index in [4.69, 9.17) is 0 Å². The zero-order chi connectivity index (χ0) is 15.1. The molecular formula is C18H19NOS. The molecule has 0 aliphatic heterocycles. The van der Waals surface area contributed by atoms with Crippen LogP contribution >= 0.6 is 0 Å². The summed E-state index contributed by atoms with van der Waals surface area (Å²) >= 11 is 0. The van der Waals surface area contributed by atoms with Gasteiger partial charge >= 0.3 is 0 Å². The summed E-state index contributed by atoms with van der Waals surface area (Å²) in [6, 6.07) is 19.8. The summed E-state index contributed by atoms with van der Waals surface area (Å²) in [5.74, 6) is 0. The third-order valence-electron chi connectivity index (χ3n) is 3.24. The summed E-state index contributed by atoms with van der Waals surface area (Å²) < 4.78 is 16.0. The third kappa shape index (κ3) is 4.23.